The second-order valence-corrected chi connectivity index (χ2v) is 5.05. The zero-order valence-electron chi connectivity index (χ0n) is 12.3. The summed E-state index contributed by atoms with van der Waals surface area (Å²) in [5.74, 6) is 2.46. The SMILES string of the molecule is COc1ccc(-c2nnc(CCNC3CC3)o2)cc1OC. The molecule has 2 aromatic rings. The monoisotopic (exact) mass is 289 g/mol. The average molecular weight is 289 g/mol. The van der Waals surface area contributed by atoms with Crippen molar-refractivity contribution in [3.05, 3.63) is 24.1 Å². The van der Waals surface area contributed by atoms with E-state index in [9.17, 15) is 0 Å². The van der Waals surface area contributed by atoms with Crippen molar-refractivity contribution in [3.8, 4) is 23.0 Å². The van der Waals surface area contributed by atoms with Gasteiger partial charge >= 0.3 is 0 Å². The van der Waals surface area contributed by atoms with Gasteiger partial charge in [0.1, 0.15) is 0 Å². The first-order valence-electron chi connectivity index (χ1n) is 7.08. The van der Waals surface area contributed by atoms with Crippen LogP contribution in [0.2, 0.25) is 0 Å². The van der Waals surface area contributed by atoms with Crippen LogP contribution >= 0.6 is 0 Å². The Hall–Kier alpha value is -2.08. The van der Waals surface area contributed by atoms with Crippen molar-refractivity contribution in [2.45, 2.75) is 25.3 Å². The summed E-state index contributed by atoms with van der Waals surface area (Å²) in [6.07, 6.45) is 3.30. The summed E-state index contributed by atoms with van der Waals surface area (Å²) in [4.78, 5) is 0. The molecule has 6 heteroatoms. The number of ether oxygens (including phenoxy) is 2. The van der Waals surface area contributed by atoms with Gasteiger partial charge in [0.15, 0.2) is 11.5 Å². The fraction of sp³-hybridized carbons (Fsp3) is 0.467. The van der Waals surface area contributed by atoms with Gasteiger partial charge in [-0.1, -0.05) is 0 Å². The van der Waals surface area contributed by atoms with Crippen molar-refractivity contribution in [1.82, 2.24) is 15.5 Å². The van der Waals surface area contributed by atoms with E-state index < -0.39 is 0 Å². The fourth-order valence-electron chi connectivity index (χ4n) is 2.11. The number of aromatic nitrogens is 2. The molecule has 21 heavy (non-hydrogen) atoms. The largest absolute Gasteiger partial charge is 0.493 e. The Morgan fingerprint density at radius 1 is 1.19 bits per heavy atom. The molecule has 0 atom stereocenters. The van der Waals surface area contributed by atoms with Crippen LogP contribution in [0.15, 0.2) is 22.6 Å². The molecule has 1 aromatic heterocycles. The van der Waals surface area contributed by atoms with E-state index >= 15 is 0 Å². The van der Waals surface area contributed by atoms with Crippen LogP contribution in [0.1, 0.15) is 18.7 Å². The Balaban J connectivity index is 1.69. The van der Waals surface area contributed by atoms with E-state index in [2.05, 4.69) is 15.5 Å². The Bertz CT molecular complexity index is 608. The number of nitrogens with one attached hydrogen (secondary N) is 1. The van der Waals surface area contributed by atoms with Crippen molar-refractivity contribution < 1.29 is 13.9 Å². The molecule has 1 aliphatic rings. The van der Waals surface area contributed by atoms with E-state index in [-0.39, 0.29) is 0 Å². The number of hydrogen-bond donors (Lipinski definition) is 1. The highest BCUT2D eigenvalue weighted by atomic mass is 16.5. The minimum Gasteiger partial charge on any atom is -0.493 e. The lowest BCUT2D eigenvalue weighted by molar-refractivity contribution is 0.355. The number of rotatable bonds is 7. The summed E-state index contributed by atoms with van der Waals surface area (Å²) in [5, 5.41) is 11.6. The van der Waals surface area contributed by atoms with E-state index in [0.717, 1.165) is 18.5 Å². The van der Waals surface area contributed by atoms with E-state index in [1.165, 1.54) is 12.8 Å². The zero-order valence-corrected chi connectivity index (χ0v) is 12.3. The van der Waals surface area contributed by atoms with Crippen LogP contribution in [0.4, 0.5) is 0 Å². The standard InChI is InChI=1S/C15H19N3O3/c1-19-12-6-3-10(9-13(12)20-2)15-18-17-14(21-15)7-8-16-11-4-5-11/h3,6,9,11,16H,4-5,7-8H2,1-2H3. The highest BCUT2D eigenvalue weighted by Crippen LogP contribution is 2.31. The van der Waals surface area contributed by atoms with Gasteiger partial charge in [0.25, 0.3) is 0 Å². The molecule has 1 aliphatic carbocycles. The predicted molar refractivity (Wildman–Crippen MR) is 77.6 cm³/mol. The van der Waals surface area contributed by atoms with E-state index in [0.29, 0.717) is 29.3 Å². The first-order chi connectivity index (χ1) is 10.3. The van der Waals surface area contributed by atoms with Crippen molar-refractivity contribution in [3.63, 3.8) is 0 Å². The number of hydrogen-bond acceptors (Lipinski definition) is 6. The summed E-state index contributed by atoms with van der Waals surface area (Å²) < 4.78 is 16.2. The molecule has 0 aliphatic heterocycles. The van der Waals surface area contributed by atoms with Crippen LogP contribution in [0.5, 0.6) is 11.5 Å². The Morgan fingerprint density at radius 2 is 2.00 bits per heavy atom. The minimum atomic E-state index is 0.498. The lowest BCUT2D eigenvalue weighted by Gasteiger charge is -2.07. The van der Waals surface area contributed by atoms with E-state index in [1.54, 1.807) is 14.2 Å². The van der Waals surface area contributed by atoms with Gasteiger partial charge in [0.2, 0.25) is 11.8 Å². The molecular weight excluding hydrogens is 270 g/mol. The van der Waals surface area contributed by atoms with Crippen molar-refractivity contribution >= 4 is 0 Å². The van der Waals surface area contributed by atoms with Crippen LogP contribution in [-0.4, -0.2) is 37.0 Å². The second kappa shape index (κ2) is 6.13. The molecule has 1 N–H and O–H groups in total. The minimum absolute atomic E-state index is 0.498. The molecule has 3 rings (SSSR count). The van der Waals surface area contributed by atoms with Crippen LogP contribution in [0, 0.1) is 0 Å². The highest BCUT2D eigenvalue weighted by Gasteiger charge is 2.20. The van der Waals surface area contributed by atoms with Gasteiger partial charge in [-0.3, -0.25) is 0 Å². The topological polar surface area (TPSA) is 69.4 Å². The molecule has 0 bridgehead atoms. The van der Waals surface area contributed by atoms with Gasteiger partial charge in [-0.2, -0.15) is 0 Å². The highest BCUT2D eigenvalue weighted by molar-refractivity contribution is 5.59. The van der Waals surface area contributed by atoms with Gasteiger partial charge in [-0.15, -0.1) is 10.2 Å². The van der Waals surface area contributed by atoms with Crippen LogP contribution in [-0.2, 0) is 6.42 Å². The van der Waals surface area contributed by atoms with E-state index in [1.807, 2.05) is 18.2 Å². The molecule has 0 spiro atoms. The van der Waals surface area contributed by atoms with Crippen molar-refractivity contribution in [2.24, 2.45) is 0 Å². The smallest absolute Gasteiger partial charge is 0.247 e. The third-order valence-corrected chi connectivity index (χ3v) is 3.45. The molecule has 0 amide bonds. The second-order valence-electron chi connectivity index (χ2n) is 5.05. The fourth-order valence-corrected chi connectivity index (χ4v) is 2.11. The molecule has 0 unspecified atom stereocenters. The molecule has 1 heterocycles. The summed E-state index contributed by atoms with van der Waals surface area (Å²) >= 11 is 0. The van der Waals surface area contributed by atoms with Crippen LogP contribution < -0.4 is 14.8 Å². The maximum Gasteiger partial charge on any atom is 0.247 e. The van der Waals surface area contributed by atoms with Gasteiger partial charge in [-0.25, -0.2) is 0 Å². The molecule has 1 aromatic carbocycles. The number of benzene rings is 1. The summed E-state index contributed by atoms with van der Waals surface area (Å²) in [5.41, 5.74) is 0.821. The first kappa shape index (κ1) is 13.9. The van der Waals surface area contributed by atoms with Crippen molar-refractivity contribution in [2.75, 3.05) is 20.8 Å². The lowest BCUT2D eigenvalue weighted by atomic mass is 10.2. The van der Waals surface area contributed by atoms with E-state index in [4.69, 9.17) is 13.9 Å². The van der Waals surface area contributed by atoms with Crippen LogP contribution in [0.3, 0.4) is 0 Å². The molecule has 1 saturated carbocycles. The average Bonchev–Trinajstić information content (AvgIpc) is 3.22. The molecule has 1 fully saturated rings. The maximum absolute atomic E-state index is 5.69. The third kappa shape index (κ3) is 3.33. The normalized spacial score (nSPS) is 14.2. The van der Waals surface area contributed by atoms with Crippen LogP contribution in [0.25, 0.3) is 11.5 Å². The molecule has 0 radical (unpaired) electrons. The van der Waals surface area contributed by atoms with Gasteiger partial charge in [0.05, 0.1) is 14.2 Å². The number of methoxy groups -OCH3 is 2. The zero-order chi connectivity index (χ0) is 14.7. The Labute approximate surface area is 123 Å². The molecule has 6 nitrogen and oxygen atoms in total. The Kier molecular flexibility index (Phi) is 4.06. The summed E-state index contributed by atoms with van der Waals surface area (Å²) in [7, 11) is 3.21. The first-order valence-corrected chi connectivity index (χ1v) is 7.08. The van der Waals surface area contributed by atoms with Gasteiger partial charge in [0, 0.05) is 24.6 Å². The number of nitrogens with zero attached hydrogens (tertiary/aromatic N) is 2. The summed E-state index contributed by atoms with van der Waals surface area (Å²) in [6, 6.07) is 6.23. The Morgan fingerprint density at radius 3 is 2.71 bits per heavy atom. The molecular formula is C15H19N3O3. The van der Waals surface area contributed by atoms with Gasteiger partial charge < -0.3 is 19.2 Å². The quantitative estimate of drug-likeness (QED) is 0.841. The molecule has 112 valence electrons. The van der Waals surface area contributed by atoms with Crippen molar-refractivity contribution in [1.29, 1.82) is 0 Å². The maximum atomic E-state index is 5.69. The summed E-state index contributed by atoms with van der Waals surface area (Å²) in [6.45, 7) is 0.873. The van der Waals surface area contributed by atoms with Gasteiger partial charge in [-0.05, 0) is 31.0 Å². The predicted octanol–water partition coefficient (Wildman–Crippen LogP) is 2.05. The third-order valence-electron chi connectivity index (χ3n) is 3.45. The molecule has 0 saturated heterocycles. The lowest BCUT2D eigenvalue weighted by Crippen LogP contribution is -2.19.